The summed E-state index contributed by atoms with van der Waals surface area (Å²) in [6.45, 7) is 1.35. The van der Waals surface area contributed by atoms with E-state index in [9.17, 15) is 0 Å². The monoisotopic (exact) mass is 371 g/mol. The lowest BCUT2D eigenvalue weighted by Gasteiger charge is -2.08. The molecule has 0 saturated carbocycles. The van der Waals surface area contributed by atoms with Crippen LogP contribution in [-0.2, 0) is 13.1 Å². The Kier molecular flexibility index (Phi) is 4.34. The first kappa shape index (κ1) is 16.0. The third-order valence-corrected chi connectivity index (χ3v) is 4.68. The molecule has 2 aromatic carbocycles. The molecule has 0 aliphatic heterocycles. The molecule has 7 heteroatoms. The molecule has 0 bridgehead atoms. The highest BCUT2D eigenvalue weighted by atomic mass is 35.5. The van der Waals surface area contributed by atoms with Crippen LogP contribution in [0, 0.1) is 0 Å². The maximum Gasteiger partial charge on any atom is 0.138 e. The maximum absolute atomic E-state index is 6.34. The molecule has 5 nitrogen and oxygen atoms in total. The number of nitrogens with zero attached hydrogens (tertiary/aromatic N) is 4. The van der Waals surface area contributed by atoms with E-state index in [2.05, 4.69) is 38.5 Å². The highest BCUT2D eigenvalue weighted by molar-refractivity contribution is 6.35. The van der Waals surface area contributed by atoms with E-state index in [1.165, 1.54) is 10.9 Å². The second-order valence-corrected chi connectivity index (χ2v) is 6.58. The van der Waals surface area contributed by atoms with Crippen LogP contribution in [0.25, 0.3) is 10.9 Å². The van der Waals surface area contributed by atoms with E-state index in [1.807, 2.05) is 24.3 Å². The van der Waals surface area contributed by atoms with E-state index in [0.29, 0.717) is 23.1 Å². The van der Waals surface area contributed by atoms with Gasteiger partial charge in [0, 0.05) is 33.7 Å². The van der Waals surface area contributed by atoms with Crippen molar-refractivity contribution in [1.29, 1.82) is 0 Å². The summed E-state index contributed by atoms with van der Waals surface area (Å²) in [5, 5.41) is 10.1. The molecule has 1 N–H and O–H groups in total. The molecule has 0 saturated heterocycles. The second-order valence-electron chi connectivity index (χ2n) is 5.74. The van der Waals surface area contributed by atoms with Gasteiger partial charge >= 0.3 is 0 Å². The van der Waals surface area contributed by atoms with E-state index in [-0.39, 0.29) is 0 Å². The highest BCUT2D eigenvalue weighted by Crippen LogP contribution is 2.26. The van der Waals surface area contributed by atoms with E-state index >= 15 is 0 Å². The van der Waals surface area contributed by atoms with Crippen molar-refractivity contribution in [3.8, 4) is 0 Å². The van der Waals surface area contributed by atoms with Gasteiger partial charge in [0.1, 0.15) is 12.7 Å². The van der Waals surface area contributed by atoms with E-state index in [4.69, 9.17) is 23.2 Å². The fourth-order valence-electron chi connectivity index (χ4n) is 2.89. The minimum absolute atomic E-state index is 0.643. The van der Waals surface area contributed by atoms with Crippen LogP contribution >= 0.6 is 23.2 Å². The summed E-state index contributed by atoms with van der Waals surface area (Å²) in [7, 11) is 0. The largest absolute Gasteiger partial charge is 0.343 e. The Morgan fingerprint density at radius 1 is 0.960 bits per heavy atom. The van der Waals surface area contributed by atoms with Crippen LogP contribution in [0.15, 0.2) is 61.3 Å². The summed E-state index contributed by atoms with van der Waals surface area (Å²) < 4.78 is 3.94. The van der Waals surface area contributed by atoms with E-state index in [0.717, 1.165) is 11.1 Å². The average molecular weight is 372 g/mol. The van der Waals surface area contributed by atoms with Crippen molar-refractivity contribution in [2.24, 2.45) is 0 Å². The molecule has 0 aliphatic rings. The number of nitrogens with one attached hydrogen (secondary N) is 1. The molecule has 2 heterocycles. The topological polar surface area (TPSA) is 47.7 Å². The van der Waals surface area contributed by atoms with Gasteiger partial charge in [-0.3, -0.25) is 0 Å². The number of aromatic nitrogens is 4. The van der Waals surface area contributed by atoms with Crippen LogP contribution < -0.4 is 5.43 Å². The van der Waals surface area contributed by atoms with Gasteiger partial charge in [0.2, 0.25) is 0 Å². The van der Waals surface area contributed by atoms with Gasteiger partial charge < -0.3 is 9.99 Å². The Morgan fingerprint density at radius 3 is 2.56 bits per heavy atom. The molecule has 0 radical (unpaired) electrons. The molecule has 0 spiro atoms. The number of halogens is 2. The van der Waals surface area contributed by atoms with Crippen LogP contribution in [0.1, 0.15) is 11.1 Å². The predicted octanol–water partition coefficient (Wildman–Crippen LogP) is 4.33. The van der Waals surface area contributed by atoms with Crippen molar-refractivity contribution in [3.05, 3.63) is 82.5 Å². The summed E-state index contributed by atoms with van der Waals surface area (Å²) in [6, 6.07) is 13.9. The van der Waals surface area contributed by atoms with Crippen LogP contribution in [0.2, 0.25) is 10.0 Å². The summed E-state index contributed by atoms with van der Waals surface area (Å²) in [5.74, 6) is 0. The van der Waals surface area contributed by atoms with Gasteiger partial charge in [0.15, 0.2) is 0 Å². The minimum atomic E-state index is 0.643. The van der Waals surface area contributed by atoms with Gasteiger partial charge in [-0.05, 0) is 29.3 Å². The highest BCUT2D eigenvalue weighted by Gasteiger charge is 2.10. The SMILES string of the molecule is Clc1ccc(Cn2cc(CNn3cnnc3)c3ccccc32)c(Cl)c1. The van der Waals surface area contributed by atoms with Crippen LogP contribution in [0.3, 0.4) is 0 Å². The molecule has 4 rings (SSSR count). The molecule has 4 aromatic rings. The Hall–Kier alpha value is -2.50. The zero-order valence-corrected chi connectivity index (χ0v) is 14.7. The number of hydrogen-bond acceptors (Lipinski definition) is 3. The smallest absolute Gasteiger partial charge is 0.138 e. The molecule has 0 amide bonds. The average Bonchev–Trinajstić information content (AvgIpc) is 3.24. The Morgan fingerprint density at radius 2 is 1.76 bits per heavy atom. The fraction of sp³-hybridized carbons (Fsp3) is 0.111. The zero-order chi connectivity index (χ0) is 17.2. The molecular formula is C18H15Cl2N5. The quantitative estimate of drug-likeness (QED) is 0.567. The first-order valence-corrected chi connectivity index (χ1v) is 8.55. The first-order valence-electron chi connectivity index (χ1n) is 7.80. The Bertz CT molecular complexity index is 1010. The number of fused-ring (bicyclic) bond motifs is 1. The number of benzene rings is 2. The summed E-state index contributed by atoms with van der Waals surface area (Å²) in [4.78, 5) is 0. The summed E-state index contributed by atoms with van der Waals surface area (Å²) in [5.41, 5.74) is 6.65. The summed E-state index contributed by atoms with van der Waals surface area (Å²) >= 11 is 12.3. The van der Waals surface area contributed by atoms with Crippen molar-refractivity contribution in [2.45, 2.75) is 13.1 Å². The van der Waals surface area contributed by atoms with Crippen molar-refractivity contribution in [3.63, 3.8) is 0 Å². The standard InChI is InChI=1S/C18H15Cl2N5/c19-15-6-5-13(17(20)7-15)9-24-10-14(8-23-25-11-21-22-12-25)16-3-1-2-4-18(16)24/h1-7,10-12,23H,8-9H2. The van der Waals surface area contributed by atoms with E-state index < -0.39 is 0 Å². The lowest BCUT2D eigenvalue weighted by atomic mass is 10.2. The van der Waals surface area contributed by atoms with Crippen LogP contribution in [0.5, 0.6) is 0 Å². The lowest BCUT2D eigenvalue weighted by molar-refractivity contribution is 0.812. The number of para-hydroxylation sites is 1. The van der Waals surface area contributed by atoms with Crippen molar-refractivity contribution < 1.29 is 0 Å². The molecule has 0 atom stereocenters. The maximum atomic E-state index is 6.34. The molecule has 2 aromatic heterocycles. The molecular weight excluding hydrogens is 357 g/mol. The van der Waals surface area contributed by atoms with Crippen molar-refractivity contribution in [2.75, 3.05) is 5.43 Å². The van der Waals surface area contributed by atoms with Crippen molar-refractivity contribution in [1.82, 2.24) is 19.4 Å². The Balaban J connectivity index is 1.66. The first-order chi connectivity index (χ1) is 12.2. The number of rotatable bonds is 5. The summed E-state index contributed by atoms with van der Waals surface area (Å²) in [6.07, 6.45) is 5.41. The molecule has 0 fully saturated rings. The molecule has 0 aliphatic carbocycles. The Labute approximate surface area is 154 Å². The molecule has 126 valence electrons. The predicted molar refractivity (Wildman–Crippen MR) is 101 cm³/mol. The minimum Gasteiger partial charge on any atom is -0.343 e. The third-order valence-electron chi connectivity index (χ3n) is 4.10. The van der Waals surface area contributed by atoms with Gasteiger partial charge in [0.05, 0.1) is 6.54 Å². The van der Waals surface area contributed by atoms with Gasteiger partial charge in [-0.1, -0.05) is 47.5 Å². The van der Waals surface area contributed by atoms with Crippen LogP contribution in [0.4, 0.5) is 0 Å². The molecule has 0 unspecified atom stereocenters. The van der Waals surface area contributed by atoms with E-state index in [1.54, 1.807) is 23.4 Å². The lowest BCUT2D eigenvalue weighted by Crippen LogP contribution is -2.11. The molecule has 25 heavy (non-hydrogen) atoms. The van der Waals surface area contributed by atoms with Crippen LogP contribution in [-0.4, -0.2) is 19.4 Å². The van der Waals surface area contributed by atoms with Gasteiger partial charge in [-0.15, -0.1) is 10.2 Å². The normalized spacial score (nSPS) is 11.1. The third kappa shape index (κ3) is 3.34. The number of hydrogen-bond donors (Lipinski definition) is 1. The van der Waals surface area contributed by atoms with Gasteiger partial charge in [-0.2, -0.15) is 0 Å². The van der Waals surface area contributed by atoms with Gasteiger partial charge in [-0.25, -0.2) is 4.68 Å². The zero-order valence-electron chi connectivity index (χ0n) is 13.2. The van der Waals surface area contributed by atoms with Crippen molar-refractivity contribution >= 4 is 34.1 Å². The second kappa shape index (κ2) is 6.78. The fourth-order valence-corrected chi connectivity index (χ4v) is 3.36. The van der Waals surface area contributed by atoms with Gasteiger partial charge in [0.25, 0.3) is 0 Å².